The molecule has 4 nitrogen and oxygen atoms in total. The van der Waals surface area contributed by atoms with Gasteiger partial charge in [-0.2, -0.15) is 0 Å². The van der Waals surface area contributed by atoms with Gasteiger partial charge in [-0.25, -0.2) is 0 Å². The van der Waals surface area contributed by atoms with Crippen molar-refractivity contribution >= 4 is 5.97 Å². The number of hydrogen-bond donors (Lipinski definition) is 2. The number of nitrogens with one attached hydrogen (secondary N) is 2. The van der Waals surface area contributed by atoms with Gasteiger partial charge in [0.15, 0.2) is 0 Å². The standard InChI is InChI=1S/C30H54N2O2/c1-20(2)31-17-18-32-23-13-15-29(4)22(19-23)8-9-24-26-11-10-25(21(3)7-12-28(33)34-6)30(26,5)16-14-27(24)29/h20-27,31-32H,7-19H2,1-6H3/t21?,22-,23?,24?,25?,26?,27?,29?,30?/m0/s1. The summed E-state index contributed by atoms with van der Waals surface area (Å²) in [5.74, 6) is 5.08. The van der Waals surface area contributed by atoms with Crippen molar-refractivity contribution in [3.05, 3.63) is 0 Å². The molecule has 4 rings (SSSR count). The summed E-state index contributed by atoms with van der Waals surface area (Å²) in [6.45, 7) is 14.4. The highest BCUT2D eigenvalue weighted by molar-refractivity contribution is 5.69. The van der Waals surface area contributed by atoms with Gasteiger partial charge < -0.3 is 15.4 Å². The van der Waals surface area contributed by atoms with Crippen LogP contribution in [0, 0.1) is 46.3 Å². The first-order valence-corrected chi connectivity index (χ1v) is 14.7. The van der Waals surface area contributed by atoms with Crippen molar-refractivity contribution in [3.8, 4) is 0 Å². The van der Waals surface area contributed by atoms with Gasteiger partial charge in [0.05, 0.1) is 7.11 Å². The van der Waals surface area contributed by atoms with Crippen LogP contribution >= 0.6 is 0 Å². The summed E-state index contributed by atoms with van der Waals surface area (Å²) < 4.78 is 4.92. The highest BCUT2D eigenvalue weighted by atomic mass is 16.5. The number of methoxy groups -OCH3 is 1. The van der Waals surface area contributed by atoms with Crippen molar-refractivity contribution < 1.29 is 9.53 Å². The largest absolute Gasteiger partial charge is 0.469 e. The van der Waals surface area contributed by atoms with E-state index in [2.05, 4.69) is 45.3 Å². The molecule has 4 aliphatic rings. The predicted molar refractivity (Wildman–Crippen MR) is 141 cm³/mol. The minimum atomic E-state index is -0.0391. The fourth-order valence-corrected chi connectivity index (χ4v) is 9.70. The van der Waals surface area contributed by atoms with Gasteiger partial charge in [-0.05, 0) is 111 Å². The van der Waals surface area contributed by atoms with Crippen LogP contribution in [0.3, 0.4) is 0 Å². The van der Waals surface area contributed by atoms with E-state index in [1.807, 2.05) is 0 Å². The number of fused-ring (bicyclic) bond motifs is 5. The van der Waals surface area contributed by atoms with Gasteiger partial charge in [-0.3, -0.25) is 4.79 Å². The Hall–Kier alpha value is -0.610. The molecule has 9 atom stereocenters. The molecule has 0 aromatic carbocycles. The molecule has 4 saturated carbocycles. The third-order valence-corrected chi connectivity index (χ3v) is 11.6. The van der Waals surface area contributed by atoms with Crippen LogP contribution in [-0.2, 0) is 9.53 Å². The molecule has 8 unspecified atom stereocenters. The van der Waals surface area contributed by atoms with Crippen LogP contribution in [0.1, 0.15) is 105 Å². The van der Waals surface area contributed by atoms with Crippen LogP contribution in [-0.4, -0.2) is 38.3 Å². The Morgan fingerprint density at radius 1 is 0.941 bits per heavy atom. The molecule has 0 aliphatic heterocycles. The van der Waals surface area contributed by atoms with Crippen molar-refractivity contribution in [2.45, 2.75) is 117 Å². The summed E-state index contributed by atoms with van der Waals surface area (Å²) in [7, 11) is 1.52. The molecule has 0 radical (unpaired) electrons. The molecule has 2 N–H and O–H groups in total. The number of carbonyl (C=O) groups is 1. The SMILES string of the molecule is COC(=O)CCC(C)C1CCC2C3CC[C@H]4CC(NCCNC(C)C)CCC4(C)C3CCC12C. The van der Waals surface area contributed by atoms with Gasteiger partial charge in [-0.15, -0.1) is 0 Å². The molecule has 0 aromatic rings. The van der Waals surface area contributed by atoms with Gasteiger partial charge >= 0.3 is 5.97 Å². The van der Waals surface area contributed by atoms with Gasteiger partial charge in [0.1, 0.15) is 0 Å². The van der Waals surface area contributed by atoms with Gasteiger partial charge in [0.2, 0.25) is 0 Å². The van der Waals surface area contributed by atoms with Crippen molar-refractivity contribution in [1.82, 2.24) is 10.6 Å². The topological polar surface area (TPSA) is 50.4 Å². The molecular formula is C30H54N2O2. The second-order valence-corrected chi connectivity index (χ2v) is 13.5. The van der Waals surface area contributed by atoms with Crippen LogP contribution in [0.5, 0.6) is 0 Å². The van der Waals surface area contributed by atoms with Crippen molar-refractivity contribution in [3.63, 3.8) is 0 Å². The smallest absolute Gasteiger partial charge is 0.305 e. The molecule has 4 aliphatic carbocycles. The summed E-state index contributed by atoms with van der Waals surface area (Å²) >= 11 is 0. The Morgan fingerprint density at radius 2 is 1.68 bits per heavy atom. The second kappa shape index (κ2) is 10.8. The Balaban J connectivity index is 1.36. The van der Waals surface area contributed by atoms with Crippen LogP contribution in [0.4, 0.5) is 0 Å². The van der Waals surface area contributed by atoms with E-state index in [1.165, 1.54) is 64.9 Å². The quantitative estimate of drug-likeness (QED) is 0.309. The zero-order valence-electron chi connectivity index (χ0n) is 23.1. The van der Waals surface area contributed by atoms with Gasteiger partial charge in [-0.1, -0.05) is 34.6 Å². The number of rotatable bonds is 9. The second-order valence-electron chi connectivity index (χ2n) is 13.5. The molecule has 0 heterocycles. The van der Waals surface area contributed by atoms with Crippen LogP contribution in [0.15, 0.2) is 0 Å². The van der Waals surface area contributed by atoms with E-state index in [9.17, 15) is 4.79 Å². The molecule has 0 spiro atoms. The lowest BCUT2D eigenvalue weighted by Crippen LogP contribution is -2.55. The highest BCUT2D eigenvalue weighted by Crippen LogP contribution is 2.68. The minimum Gasteiger partial charge on any atom is -0.469 e. The molecule has 0 bridgehead atoms. The van der Waals surface area contributed by atoms with Crippen LogP contribution in [0.2, 0.25) is 0 Å². The third kappa shape index (κ3) is 5.10. The van der Waals surface area contributed by atoms with Gasteiger partial charge in [0, 0.05) is 31.6 Å². The number of esters is 1. The first kappa shape index (κ1) is 26.5. The summed E-state index contributed by atoms with van der Waals surface area (Å²) in [5, 5.41) is 7.44. The molecule has 34 heavy (non-hydrogen) atoms. The zero-order chi connectivity index (χ0) is 24.5. The molecule has 4 fully saturated rings. The predicted octanol–water partition coefficient (Wildman–Crippen LogP) is 6.19. The van der Waals surface area contributed by atoms with Crippen molar-refractivity contribution in [2.24, 2.45) is 46.3 Å². The Morgan fingerprint density at radius 3 is 2.41 bits per heavy atom. The van der Waals surface area contributed by atoms with Crippen LogP contribution < -0.4 is 10.6 Å². The highest BCUT2D eigenvalue weighted by Gasteiger charge is 2.60. The summed E-state index contributed by atoms with van der Waals surface area (Å²) in [5.41, 5.74) is 1.05. The summed E-state index contributed by atoms with van der Waals surface area (Å²) in [6, 6.07) is 1.30. The maximum absolute atomic E-state index is 11.7. The molecule has 196 valence electrons. The number of hydrogen-bond acceptors (Lipinski definition) is 4. The van der Waals surface area contributed by atoms with E-state index >= 15 is 0 Å². The summed E-state index contributed by atoms with van der Waals surface area (Å²) in [6.07, 6.45) is 14.4. The zero-order valence-corrected chi connectivity index (χ0v) is 23.1. The monoisotopic (exact) mass is 474 g/mol. The van der Waals surface area contributed by atoms with E-state index in [1.54, 1.807) is 0 Å². The Bertz CT molecular complexity index is 695. The lowest BCUT2D eigenvalue weighted by Gasteiger charge is -2.61. The van der Waals surface area contributed by atoms with Crippen molar-refractivity contribution in [1.29, 1.82) is 0 Å². The average Bonchev–Trinajstić information content (AvgIpc) is 3.17. The average molecular weight is 475 g/mol. The molecular weight excluding hydrogens is 420 g/mol. The number of carbonyl (C=O) groups excluding carboxylic acids is 1. The molecule has 0 saturated heterocycles. The Labute approximate surface area is 210 Å². The van der Waals surface area contributed by atoms with E-state index in [0.717, 1.165) is 55.1 Å². The van der Waals surface area contributed by atoms with Crippen LogP contribution in [0.25, 0.3) is 0 Å². The Kier molecular flexibility index (Phi) is 8.39. The normalized spacial score (nSPS) is 42.6. The molecule has 4 heteroatoms. The van der Waals surface area contributed by atoms with E-state index < -0.39 is 0 Å². The summed E-state index contributed by atoms with van der Waals surface area (Å²) in [4.78, 5) is 11.7. The van der Waals surface area contributed by atoms with E-state index in [-0.39, 0.29) is 5.97 Å². The third-order valence-electron chi connectivity index (χ3n) is 11.6. The first-order valence-electron chi connectivity index (χ1n) is 14.7. The molecule has 0 amide bonds. The van der Waals surface area contributed by atoms with E-state index in [0.29, 0.717) is 29.2 Å². The first-order chi connectivity index (χ1) is 16.2. The lowest BCUT2D eigenvalue weighted by atomic mass is 9.44. The fraction of sp³-hybridized carbons (Fsp3) is 0.967. The maximum Gasteiger partial charge on any atom is 0.305 e. The lowest BCUT2D eigenvalue weighted by molar-refractivity contribution is -0.141. The van der Waals surface area contributed by atoms with Crippen molar-refractivity contribution in [2.75, 3.05) is 20.2 Å². The fourth-order valence-electron chi connectivity index (χ4n) is 9.70. The van der Waals surface area contributed by atoms with Gasteiger partial charge in [0.25, 0.3) is 0 Å². The minimum absolute atomic E-state index is 0.0391. The van der Waals surface area contributed by atoms with E-state index in [4.69, 9.17) is 4.74 Å². The molecule has 0 aromatic heterocycles. The number of ether oxygens (including phenoxy) is 1. The maximum atomic E-state index is 11.7.